The smallest absolute Gasteiger partial charge is 0.135 e. The Bertz CT molecular complexity index is 391. The summed E-state index contributed by atoms with van der Waals surface area (Å²) in [7, 11) is 0. The van der Waals surface area contributed by atoms with Crippen LogP contribution in [0.5, 0.6) is 0 Å². The van der Waals surface area contributed by atoms with E-state index >= 15 is 0 Å². The van der Waals surface area contributed by atoms with Crippen molar-refractivity contribution in [3.63, 3.8) is 0 Å². The van der Waals surface area contributed by atoms with E-state index in [0.717, 1.165) is 43.8 Å². The van der Waals surface area contributed by atoms with Gasteiger partial charge in [0.1, 0.15) is 18.2 Å². The largest absolute Gasteiger partial charge is 0.316 e. The number of nitrogens with zero attached hydrogens (tertiary/aromatic N) is 2. The summed E-state index contributed by atoms with van der Waals surface area (Å²) in [6, 6.07) is 4.15. The molecule has 0 saturated carbocycles. The number of rotatable bonds is 2. The van der Waals surface area contributed by atoms with Crippen LogP contribution in [-0.4, -0.2) is 48.7 Å². The molecule has 0 amide bonds. The molecule has 92 valence electrons. The predicted octanol–water partition coefficient (Wildman–Crippen LogP) is 1.61. The fourth-order valence-corrected chi connectivity index (χ4v) is 2.99. The van der Waals surface area contributed by atoms with E-state index < -0.39 is 11.6 Å². The molecule has 0 atom stereocenters. The molecule has 3 saturated heterocycles. The molecule has 0 radical (unpaired) electrons. The molecule has 0 aromatic heterocycles. The summed E-state index contributed by atoms with van der Waals surface area (Å²) in [5.74, 6) is -0.795. The molecule has 0 aliphatic carbocycles. The molecule has 2 bridgehead atoms. The van der Waals surface area contributed by atoms with Gasteiger partial charge >= 0.3 is 0 Å². The van der Waals surface area contributed by atoms with Gasteiger partial charge in [-0.3, -0.25) is 4.90 Å². The molecule has 4 heteroatoms. The van der Waals surface area contributed by atoms with Crippen LogP contribution in [0.3, 0.4) is 0 Å². The molecule has 4 rings (SSSR count). The van der Waals surface area contributed by atoms with Gasteiger partial charge in [0.05, 0.1) is 25.2 Å². The normalized spacial score (nSPS) is 31.8. The molecule has 3 aliphatic rings. The molecule has 3 fully saturated rings. The molecule has 1 aromatic rings. The second kappa shape index (κ2) is 4.03. The summed E-state index contributed by atoms with van der Waals surface area (Å²) in [4.78, 5) is 2.43. The van der Waals surface area contributed by atoms with Gasteiger partial charge in [0.15, 0.2) is 0 Å². The quantitative estimate of drug-likeness (QED) is 0.709. The fourth-order valence-electron chi connectivity index (χ4n) is 2.99. The lowest BCUT2D eigenvalue weighted by Crippen LogP contribution is -2.66. The van der Waals surface area contributed by atoms with E-state index in [1.165, 1.54) is 18.2 Å². The van der Waals surface area contributed by atoms with Gasteiger partial charge in [0.25, 0.3) is 0 Å². The van der Waals surface area contributed by atoms with Crippen LogP contribution in [0, 0.1) is 11.6 Å². The van der Waals surface area contributed by atoms with Crippen molar-refractivity contribution in [1.82, 2.24) is 4.90 Å². The monoisotopic (exact) mass is 239 g/mol. The number of quaternary nitrogens is 1. The highest BCUT2D eigenvalue weighted by atomic mass is 19.1. The number of hydrogen-bond acceptors (Lipinski definition) is 1. The Morgan fingerprint density at radius 2 is 1.53 bits per heavy atom. The Morgan fingerprint density at radius 1 is 1.00 bits per heavy atom. The summed E-state index contributed by atoms with van der Waals surface area (Å²) in [5.41, 5.74) is 0.267. The standard InChI is InChI=1S/C13H17F2N2/c14-12-2-1-3-13(15)11(12)10-17-7-4-16(5-8-17)6-9-17/h1-3H,4-10H2/q+1. The van der Waals surface area contributed by atoms with Gasteiger partial charge in [-0.2, -0.15) is 0 Å². The predicted molar refractivity (Wildman–Crippen MR) is 61.4 cm³/mol. The van der Waals surface area contributed by atoms with Crippen molar-refractivity contribution in [2.45, 2.75) is 6.54 Å². The third kappa shape index (κ3) is 1.96. The van der Waals surface area contributed by atoms with Crippen LogP contribution in [0.15, 0.2) is 18.2 Å². The molecule has 0 unspecified atom stereocenters. The van der Waals surface area contributed by atoms with Gasteiger partial charge < -0.3 is 4.48 Å². The maximum atomic E-state index is 13.7. The highest BCUT2D eigenvalue weighted by molar-refractivity contribution is 5.18. The Balaban J connectivity index is 1.86. The van der Waals surface area contributed by atoms with Crippen LogP contribution in [0.2, 0.25) is 0 Å². The molecule has 3 aliphatic heterocycles. The lowest BCUT2D eigenvalue weighted by atomic mass is 10.1. The number of benzene rings is 1. The first-order chi connectivity index (χ1) is 8.19. The summed E-state index contributed by atoms with van der Waals surface area (Å²) in [5, 5.41) is 0. The number of piperazine rings is 3. The van der Waals surface area contributed by atoms with E-state index in [0.29, 0.717) is 6.54 Å². The van der Waals surface area contributed by atoms with Gasteiger partial charge in [0.2, 0.25) is 0 Å². The SMILES string of the molecule is Fc1cccc(F)c1C[N+]12CCN(CC1)CC2. The number of hydrogen-bond donors (Lipinski definition) is 0. The zero-order valence-corrected chi connectivity index (χ0v) is 9.83. The van der Waals surface area contributed by atoms with Gasteiger partial charge in [-0.05, 0) is 12.1 Å². The third-order valence-electron chi connectivity index (χ3n) is 4.23. The van der Waals surface area contributed by atoms with Crippen molar-refractivity contribution >= 4 is 0 Å². The van der Waals surface area contributed by atoms with E-state index in [4.69, 9.17) is 0 Å². The zero-order valence-electron chi connectivity index (χ0n) is 9.83. The van der Waals surface area contributed by atoms with Gasteiger partial charge in [-0.1, -0.05) is 6.07 Å². The summed E-state index contributed by atoms with van der Waals surface area (Å²) in [6.07, 6.45) is 0. The van der Waals surface area contributed by atoms with Crippen molar-refractivity contribution < 1.29 is 13.3 Å². The molecule has 3 heterocycles. The number of fused-ring (bicyclic) bond motifs is 3. The lowest BCUT2D eigenvalue weighted by molar-refractivity contribution is -0.953. The maximum absolute atomic E-state index is 13.7. The van der Waals surface area contributed by atoms with Crippen LogP contribution in [0.25, 0.3) is 0 Å². The molecule has 0 spiro atoms. The fraction of sp³-hybridized carbons (Fsp3) is 0.538. The first kappa shape index (κ1) is 11.1. The molecule has 17 heavy (non-hydrogen) atoms. The van der Waals surface area contributed by atoms with E-state index in [1.807, 2.05) is 0 Å². The van der Waals surface area contributed by atoms with E-state index in [2.05, 4.69) is 4.90 Å². The van der Waals surface area contributed by atoms with Crippen molar-refractivity contribution in [2.75, 3.05) is 39.3 Å². The average Bonchev–Trinajstić information content (AvgIpc) is 2.36. The third-order valence-corrected chi connectivity index (χ3v) is 4.23. The Kier molecular flexibility index (Phi) is 2.64. The molecule has 0 N–H and O–H groups in total. The molecule has 1 aromatic carbocycles. The van der Waals surface area contributed by atoms with Crippen LogP contribution in [0.4, 0.5) is 8.78 Å². The Hall–Kier alpha value is -1.00. The Morgan fingerprint density at radius 3 is 2.06 bits per heavy atom. The van der Waals surface area contributed by atoms with E-state index in [9.17, 15) is 8.78 Å². The second-order valence-electron chi connectivity index (χ2n) is 5.21. The van der Waals surface area contributed by atoms with Gasteiger partial charge in [0, 0.05) is 19.6 Å². The summed E-state index contributed by atoms with van der Waals surface area (Å²) in [6.45, 7) is 6.77. The lowest BCUT2D eigenvalue weighted by Gasteiger charge is -2.50. The second-order valence-corrected chi connectivity index (χ2v) is 5.21. The van der Waals surface area contributed by atoms with Crippen LogP contribution < -0.4 is 0 Å². The van der Waals surface area contributed by atoms with Gasteiger partial charge in [-0.15, -0.1) is 0 Å². The maximum Gasteiger partial charge on any atom is 0.135 e. The van der Waals surface area contributed by atoms with Crippen LogP contribution in [-0.2, 0) is 6.54 Å². The molecular formula is C13H17F2N2+. The Labute approximate surface area is 100 Å². The van der Waals surface area contributed by atoms with Crippen LogP contribution >= 0.6 is 0 Å². The highest BCUT2D eigenvalue weighted by Gasteiger charge is 2.39. The topological polar surface area (TPSA) is 3.24 Å². The average molecular weight is 239 g/mol. The number of halogens is 2. The van der Waals surface area contributed by atoms with E-state index in [-0.39, 0.29) is 5.56 Å². The first-order valence-electron chi connectivity index (χ1n) is 6.19. The summed E-state index contributed by atoms with van der Waals surface area (Å²) >= 11 is 0. The van der Waals surface area contributed by atoms with Crippen molar-refractivity contribution in [2.24, 2.45) is 0 Å². The minimum absolute atomic E-state index is 0.267. The minimum Gasteiger partial charge on any atom is -0.316 e. The molecular weight excluding hydrogens is 222 g/mol. The van der Waals surface area contributed by atoms with Crippen LogP contribution in [0.1, 0.15) is 5.56 Å². The van der Waals surface area contributed by atoms with Crippen molar-refractivity contribution in [3.8, 4) is 0 Å². The van der Waals surface area contributed by atoms with Crippen molar-refractivity contribution in [1.29, 1.82) is 0 Å². The first-order valence-corrected chi connectivity index (χ1v) is 6.19. The van der Waals surface area contributed by atoms with Gasteiger partial charge in [-0.25, -0.2) is 8.78 Å². The van der Waals surface area contributed by atoms with Crippen molar-refractivity contribution in [3.05, 3.63) is 35.4 Å². The van der Waals surface area contributed by atoms with E-state index in [1.54, 1.807) is 0 Å². The molecule has 2 nitrogen and oxygen atoms in total. The zero-order chi connectivity index (χ0) is 11.9. The minimum atomic E-state index is -0.398. The highest BCUT2D eigenvalue weighted by Crippen LogP contribution is 2.25. The summed E-state index contributed by atoms with van der Waals surface area (Å²) < 4.78 is 28.2.